The zero-order valence-corrected chi connectivity index (χ0v) is 20.3. The van der Waals surface area contributed by atoms with E-state index in [1.807, 2.05) is 11.0 Å². The summed E-state index contributed by atoms with van der Waals surface area (Å²) >= 11 is 0. The summed E-state index contributed by atoms with van der Waals surface area (Å²) < 4.78 is 42.0. The van der Waals surface area contributed by atoms with Crippen LogP contribution in [0.3, 0.4) is 0 Å². The maximum absolute atomic E-state index is 14.9. The second-order valence-corrected chi connectivity index (χ2v) is 10.0. The van der Waals surface area contributed by atoms with Gasteiger partial charge in [-0.15, -0.1) is 5.10 Å². The number of carbonyl (C=O) groups excluding carboxylic acids is 1. The Morgan fingerprint density at radius 2 is 1.61 bits per heavy atom. The number of rotatable bonds is 5. The molecule has 5 rings (SSSR count). The van der Waals surface area contributed by atoms with Gasteiger partial charge in [0, 0.05) is 60.9 Å². The van der Waals surface area contributed by atoms with E-state index in [-0.39, 0.29) is 29.6 Å². The van der Waals surface area contributed by atoms with Gasteiger partial charge in [0.15, 0.2) is 5.82 Å². The van der Waals surface area contributed by atoms with Crippen molar-refractivity contribution >= 4 is 17.3 Å². The first-order chi connectivity index (χ1) is 17.3. The SMILES string of the molecule is C[C@@H]1CC(C(=O)[C@H]2CN(c3cccnn3)C[C@@H]2c2ccc(F)cc2F)C[C@H](C)N1c1ccc(F)cc1. The molecule has 0 bridgehead atoms. The molecule has 0 spiro atoms. The van der Waals surface area contributed by atoms with Gasteiger partial charge in [-0.25, -0.2) is 13.2 Å². The maximum atomic E-state index is 14.9. The van der Waals surface area contributed by atoms with Crippen molar-refractivity contribution in [1.29, 1.82) is 0 Å². The summed E-state index contributed by atoms with van der Waals surface area (Å²) in [4.78, 5) is 18.2. The van der Waals surface area contributed by atoms with Gasteiger partial charge in [0.25, 0.3) is 0 Å². The van der Waals surface area contributed by atoms with E-state index < -0.39 is 23.5 Å². The lowest BCUT2D eigenvalue weighted by molar-refractivity contribution is -0.127. The summed E-state index contributed by atoms with van der Waals surface area (Å²) in [6.45, 7) is 4.96. The van der Waals surface area contributed by atoms with Crippen molar-refractivity contribution in [3.8, 4) is 0 Å². The van der Waals surface area contributed by atoms with Gasteiger partial charge in [-0.2, -0.15) is 5.10 Å². The average Bonchev–Trinajstić information content (AvgIpc) is 3.30. The fourth-order valence-electron chi connectivity index (χ4n) is 6.10. The van der Waals surface area contributed by atoms with Gasteiger partial charge in [-0.1, -0.05) is 6.07 Å². The minimum atomic E-state index is -0.640. The molecule has 1 aromatic heterocycles. The predicted molar refractivity (Wildman–Crippen MR) is 132 cm³/mol. The average molecular weight is 495 g/mol. The molecule has 8 heteroatoms. The molecule has 2 fully saturated rings. The third kappa shape index (κ3) is 4.68. The molecule has 5 nitrogen and oxygen atoms in total. The lowest BCUT2D eigenvalue weighted by Gasteiger charge is -2.44. The van der Waals surface area contributed by atoms with Gasteiger partial charge >= 0.3 is 0 Å². The third-order valence-corrected chi connectivity index (χ3v) is 7.66. The standard InChI is InChI=1S/C28H29F3N4O/c1-17-12-19(13-18(2)35(17)22-8-5-20(29)6-9-22)28(36)25-16-34(27-4-3-11-32-33-27)15-24(25)23-10-7-21(30)14-26(23)31/h3-11,14,17-19,24-25H,12-13,15-16H2,1-2H3/t17-,18+,19?,24-,25+/m1/s1. The molecule has 0 N–H and O–H groups in total. The van der Waals surface area contributed by atoms with Crippen molar-refractivity contribution in [3.05, 3.63) is 83.8 Å². The molecule has 1 unspecified atom stereocenters. The Bertz CT molecular complexity index is 1210. The molecule has 36 heavy (non-hydrogen) atoms. The van der Waals surface area contributed by atoms with Crippen LogP contribution in [0.4, 0.5) is 24.7 Å². The molecule has 5 atom stereocenters. The largest absolute Gasteiger partial charge is 0.366 e. The van der Waals surface area contributed by atoms with Crippen LogP contribution in [0.5, 0.6) is 0 Å². The van der Waals surface area contributed by atoms with Crippen LogP contribution in [-0.2, 0) is 4.79 Å². The monoisotopic (exact) mass is 494 g/mol. The van der Waals surface area contributed by atoms with E-state index >= 15 is 0 Å². The number of piperidine rings is 1. The Labute approximate surface area is 208 Å². The maximum Gasteiger partial charge on any atom is 0.151 e. The van der Waals surface area contributed by atoms with Crippen LogP contribution in [0.1, 0.15) is 38.2 Å². The number of halogens is 3. The summed E-state index contributed by atoms with van der Waals surface area (Å²) in [6.07, 6.45) is 2.89. The van der Waals surface area contributed by atoms with E-state index in [2.05, 4.69) is 28.9 Å². The number of benzene rings is 2. The zero-order valence-electron chi connectivity index (χ0n) is 20.3. The Balaban J connectivity index is 1.40. The van der Waals surface area contributed by atoms with E-state index in [4.69, 9.17) is 0 Å². The summed E-state index contributed by atoms with van der Waals surface area (Å²) in [5.74, 6) is -1.87. The number of carbonyl (C=O) groups is 1. The highest BCUT2D eigenvalue weighted by atomic mass is 19.1. The molecule has 188 valence electrons. The zero-order chi connectivity index (χ0) is 25.4. The highest BCUT2D eigenvalue weighted by molar-refractivity contribution is 5.86. The fraction of sp³-hybridized carbons (Fsp3) is 0.393. The van der Waals surface area contributed by atoms with Gasteiger partial charge in [-0.3, -0.25) is 4.79 Å². The van der Waals surface area contributed by atoms with Gasteiger partial charge in [0.2, 0.25) is 0 Å². The van der Waals surface area contributed by atoms with E-state index in [0.717, 1.165) is 11.8 Å². The van der Waals surface area contributed by atoms with E-state index in [0.29, 0.717) is 37.3 Å². The number of ketones is 1. The Kier molecular flexibility index (Phi) is 6.69. The first-order valence-electron chi connectivity index (χ1n) is 12.4. The Morgan fingerprint density at radius 3 is 2.25 bits per heavy atom. The van der Waals surface area contributed by atoms with Crippen LogP contribution >= 0.6 is 0 Å². The molecule has 0 amide bonds. The van der Waals surface area contributed by atoms with E-state index in [9.17, 15) is 18.0 Å². The third-order valence-electron chi connectivity index (χ3n) is 7.66. The molecular weight excluding hydrogens is 465 g/mol. The normalized spacial score (nSPS) is 26.3. The van der Waals surface area contributed by atoms with Crippen molar-refractivity contribution in [2.75, 3.05) is 22.9 Å². The second kappa shape index (κ2) is 9.91. The summed E-state index contributed by atoms with van der Waals surface area (Å²) in [5, 5.41) is 8.13. The first kappa shape index (κ1) is 24.3. The summed E-state index contributed by atoms with van der Waals surface area (Å²) in [5.41, 5.74) is 1.29. The number of aromatic nitrogens is 2. The van der Waals surface area contributed by atoms with Gasteiger partial charge in [0.05, 0.1) is 0 Å². The van der Waals surface area contributed by atoms with Crippen molar-refractivity contribution in [2.24, 2.45) is 11.8 Å². The van der Waals surface area contributed by atoms with Gasteiger partial charge < -0.3 is 9.80 Å². The van der Waals surface area contributed by atoms with Crippen LogP contribution in [0, 0.1) is 29.3 Å². The molecular formula is C28H29F3N4O. The minimum absolute atomic E-state index is 0.0756. The summed E-state index contributed by atoms with van der Waals surface area (Å²) in [6, 6.07) is 13.8. The van der Waals surface area contributed by atoms with Crippen molar-refractivity contribution in [3.63, 3.8) is 0 Å². The highest BCUT2D eigenvalue weighted by Crippen LogP contribution is 2.41. The number of Topliss-reactive ketones (excluding diaryl/α,β-unsaturated/α-hetero) is 1. The van der Waals surface area contributed by atoms with Gasteiger partial charge in [0.1, 0.15) is 23.2 Å². The van der Waals surface area contributed by atoms with Crippen molar-refractivity contribution in [1.82, 2.24) is 10.2 Å². The Morgan fingerprint density at radius 1 is 0.917 bits per heavy atom. The number of hydrogen-bond acceptors (Lipinski definition) is 5. The molecule has 3 heterocycles. The molecule has 0 radical (unpaired) electrons. The molecule has 0 saturated carbocycles. The van der Waals surface area contributed by atoms with E-state index in [1.54, 1.807) is 24.4 Å². The van der Waals surface area contributed by atoms with Crippen molar-refractivity contribution in [2.45, 2.75) is 44.7 Å². The molecule has 2 aliphatic rings. The van der Waals surface area contributed by atoms with Crippen LogP contribution in [-0.4, -0.2) is 41.2 Å². The fourth-order valence-corrected chi connectivity index (χ4v) is 6.10. The molecule has 2 aromatic carbocycles. The van der Waals surface area contributed by atoms with Crippen LogP contribution in [0.25, 0.3) is 0 Å². The van der Waals surface area contributed by atoms with E-state index in [1.165, 1.54) is 24.3 Å². The number of nitrogens with zero attached hydrogens (tertiary/aromatic N) is 4. The van der Waals surface area contributed by atoms with Gasteiger partial charge in [-0.05, 0) is 74.7 Å². The smallest absolute Gasteiger partial charge is 0.151 e. The highest BCUT2D eigenvalue weighted by Gasteiger charge is 2.44. The topological polar surface area (TPSA) is 49.3 Å². The Hall–Kier alpha value is -3.42. The molecule has 3 aromatic rings. The number of hydrogen-bond donors (Lipinski definition) is 0. The van der Waals surface area contributed by atoms with Crippen LogP contribution < -0.4 is 9.80 Å². The molecule has 2 aliphatic heterocycles. The molecule has 2 saturated heterocycles. The number of anilines is 2. The lowest BCUT2D eigenvalue weighted by atomic mass is 9.75. The predicted octanol–water partition coefficient (Wildman–Crippen LogP) is 5.38. The second-order valence-electron chi connectivity index (χ2n) is 10.0. The summed E-state index contributed by atoms with van der Waals surface area (Å²) in [7, 11) is 0. The van der Waals surface area contributed by atoms with Crippen molar-refractivity contribution < 1.29 is 18.0 Å². The van der Waals surface area contributed by atoms with Crippen LogP contribution in [0.15, 0.2) is 60.8 Å². The first-order valence-corrected chi connectivity index (χ1v) is 12.4. The lowest BCUT2D eigenvalue weighted by Crippen LogP contribution is -2.49. The van der Waals surface area contributed by atoms with Crippen LogP contribution in [0.2, 0.25) is 0 Å². The molecule has 0 aliphatic carbocycles. The minimum Gasteiger partial charge on any atom is -0.366 e. The quantitative estimate of drug-likeness (QED) is 0.477.